The maximum atomic E-state index is 10.0. The van der Waals surface area contributed by atoms with Crippen molar-refractivity contribution in [3.8, 4) is 0 Å². The normalized spacial score (nSPS) is 8.57. The molecule has 0 N–H and O–H groups in total. The molecular formula is C9H8N2O2S. The molecule has 0 bridgehead atoms. The van der Waals surface area contributed by atoms with Crippen LogP contribution in [0.1, 0.15) is 0 Å². The second-order valence-corrected chi connectivity index (χ2v) is 3.02. The van der Waals surface area contributed by atoms with E-state index in [4.69, 9.17) is 0 Å². The number of nitro groups is 1. The first-order valence-electron chi connectivity index (χ1n) is 3.82. The van der Waals surface area contributed by atoms with Crippen molar-refractivity contribution in [3.63, 3.8) is 0 Å². The smallest absolute Gasteiger partial charge is 0.258 e. The average molecular weight is 208 g/mol. The first kappa shape index (κ1) is 10.3. The molecule has 1 aromatic carbocycles. The van der Waals surface area contributed by atoms with Gasteiger partial charge in [-0.25, -0.2) is 0 Å². The summed E-state index contributed by atoms with van der Waals surface area (Å²) in [7, 11) is 0. The number of hydrogen-bond donors (Lipinski definition) is 0. The van der Waals surface area contributed by atoms with E-state index >= 15 is 0 Å². The molecule has 0 aliphatic rings. The van der Waals surface area contributed by atoms with Crippen molar-refractivity contribution in [3.05, 3.63) is 57.5 Å². The first-order chi connectivity index (χ1) is 6.80. The molecule has 0 amide bonds. The molecule has 1 heterocycles. The fourth-order valence-electron chi connectivity index (χ4n) is 0.725. The summed E-state index contributed by atoms with van der Waals surface area (Å²) in [6.45, 7) is 0. The van der Waals surface area contributed by atoms with Gasteiger partial charge in [0.1, 0.15) is 0 Å². The summed E-state index contributed by atoms with van der Waals surface area (Å²) < 4.78 is 0. The summed E-state index contributed by atoms with van der Waals surface area (Å²) in [5.41, 5.74) is 1.93. The third kappa shape index (κ3) is 3.77. The van der Waals surface area contributed by atoms with Gasteiger partial charge in [-0.05, 0) is 0 Å². The zero-order chi connectivity index (χ0) is 10.2. The van der Waals surface area contributed by atoms with Gasteiger partial charge in [0.2, 0.25) is 0 Å². The van der Waals surface area contributed by atoms with E-state index in [1.54, 1.807) is 41.2 Å². The minimum Gasteiger partial charge on any atom is -0.258 e. The number of non-ortho nitro benzene ring substituents is 1. The van der Waals surface area contributed by atoms with Gasteiger partial charge in [0.25, 0.3) is 5.69 Å². The number of benzene rings is 1. The zero-order valence-corrected chi connectivity index (χ0v) is 8.05. The molecule has 0 saturated heterocycles. The summed E-state index contributed by atoms with van der Waals surface area (Å²) >= 11 is 1.60. The standard InChI is InChI=1S/C6H5NO2.C3H3NS/c8-7(9)6-4-2-1-3-5-6;1-2-5-3-4-1/h1-5H;1-3H. The van der Waals surface area contributed by atoms with Gasteiger partial charge in [0.05, 0.1) is 10.4 Å². The van der Waals surface area contributed by atoms with Crippen molar-refractivity contribution in [1.29, 1.82) is 0 Å². The molecular weight excluding hydrogens is 200 g/mol. The van der Waals surface area contributed by atoms with E-state index in [1.807, 2.05) is 5.38 Å². The van der Waals surface area contributed by atoms with E-state index in [0.29, 0.717) is 0 Å². The highest BCUT2D eigenvalue weighted by Gasteiger charge is 1.98. The number of nitrogens with zero attached hydrogens (tertiary/aromatic N) is 2. The van der Waals surface area contributed by atoms with Crippen LogP contribution < -0.4 is 0 Å². The Hall–Kier alpha value is -1.75. The molecule has 0 aliphatic carbocycles. The van der Waals surface area contributed by atoms with E-state index in [9.17, 15) is 10.1 Å². The van der Waals surface area contributed by atoms with Crippen molar-refractivity contribution in [2.45, 2.75) is 0 Å². The van der Waals surface area contributed by atoms with Crippen LogP contribution in [0.4, 0.5) is 5.69 Å². The van der Waals surface area contributed by atoms with Crippen LogP contribution in [0.15, 0.2) is 47.4 Å². The molecule has 4 nitrogen and oxygen atoms in total. The molecule has 2 rings (SSSR count). The molecule has 14 heavy (non-hydrogen) atoms. The van der Waals surface area contributed by atoms with Crippen LogP contribution in [0.5, 0.6) is 0 Å². The Kier molecular flexibility index (Phi) is 4.30. The van der Waals surface area contributed by atoms with Crippen LogP contribution in [0.25, 0.3) is 0 Å². The quantitative estimate of drug-likeness (QED) is 0.534. The van der Waals surface area contributed by atoms with E-state index in [2.05, 4.69) is 4.98 Å². The Bertz CT molecular complexity index is 344. The SMILES string of the molecule is O=[N+]([O-])c1ccccc1.c1cscn1. The Morgan fingerprint density at radius 3 is 2.29 bits per heavy atom. The maximum absolute atomic E-state index is 10.0. The summed E-state index contributed by atoms with van der Waals surface area (Å²) in [5.74, 6) is 0. The number of rotatable bonds is 1. The van der Waals surface area contributed by atoms with Gasteiger partial charge in [-0.1, -0.05) is 18.2 Å². The van der Waals surface area contributed by atoms with Crippen LogP contribution in [0, 0.1) is 10.1 Å². The molecule has 2 aromatic rings. The molecule has 0 spiro atoms. The molecule has 0 aliphatic heterocycles. The Morgan fingerprint density at radius 1 is 1.29 bits per heavy atom. The fourth-order valence-corrected chi connectivity index (χ4v) is 1.08. The highest BCUT2D eigenvalue weighted by Crippen LogP contribution is 2.06. The van der Waals surface area contributed by atoms with Gasteiger partial charge in [-0.2, -0.15) is 0 Å². The minimum absolute atomic E-state index is 0.137. The molecule has 0 fully saturated rings. The molecule has 0 atom stereocenters. The van der Waals surface area contributed by atoms with Gasteiger partial charge in [0, 0.05) is 23.7 Å². The lowest BCUT2D eigenvalue weighted by Gasteiger charge is -1.85. The summed E-state index contributed by atoms with van der Waals surface area (Å²) in [6.07, 6.45) is 1.77. The lowest BCUT2D eigenvalue weighted by atomic mass is 10.3. The van der Waals surface area contributed by atoms with Crippen LogP contribution >= 0.6 is 11.3 Å². The van der Waals surface area contributed by atoms with Gasteiger partial charge >= 0.3 is 0 Å². The van der Waals surface area contributed by atoms with Gasteiger partial charge in [-0.3, -0.25) is 15.1 Å². The first-order valence-corrected chi connectivity index (χ1v) is 4.76. The van der Waals surface area contributed by atoms with Crippen LogP contribution in [-0.2, 0) is 0 Å². The van der Waals surface area contributed by atoms with Crippen LogP contribution in [0.2, 0.25) is 0 Å². The fraction of sp³-hybridized carbons (Fsp3) is 0. The van der Waals surface area contributed by atoms with Gasteiger partial charge in [-0.15, -0.1) is 11.3 Å². The Balaban J connectivity index is 0.000000165. The highest BCUT2D eigenvalue weighted by atomic mass is 32.1. The molecule has 5 heteroatoms. The van der Waals surface area contributed by atoms with Gasteiger partial charge in [0.15, 0.2) is 0 Å². The van der Waals surface area contributed by atoms with E-state index in [0.717, 1.165) is 0 Å². The van der Waals surface area contributed by atoms with Crippen LogP contribution in [-0.4, -0.2) is 9.91 Å². The maximum Gasteiger partial charge on any atom is 0.269 e. The number of thiazole rings is 1. The topological polar surface area (TPSA) is 56.0 Å². The number of hydrogen-bond acceptors (Lipinski definition) is 4. The lowest BCUT2D eigenvalue weighted by molar-refractivity contribution is -0.384. The van der Waals surface area contributed by atoms with E-state index in [1.165, 1.54) is 12.1 Å². The largest absolute Gasteiger partial charge is 0.269 e. The van der Waals surface area contributed by atoms with E-state index in [-0.39, 0.29) is 5.69 Å². The van der Waals surface area contributed by atoms with Crippen molar-refractivity contribution in [2.24, 2.45) is 0 Å². The van der Waals surface area contributed by atoms with Crippen molar-refractivity contribution < 1.29 is 4.92 Å². The van der Waals surface area contributed by atoms with Gasteiger partial charge < -0.3 is 0 Å². The van der Waals surface area contributed by atoms with Crippen molar-refractivity contribution in [2.75, 3.05) is 0 Å². The number of nitro benzene ring substituents is 1. The highest BCUT2D eigenvalue weighted by molar-refractivity contribution is 7.07. The second-order valence-electron chi connectivity index (χ2n) is 2.27. The number of aromatic nitrogens is 1. The molecule has 0 saturated carbocycles. The van der Waals surface area contributed by atoms with Crippen LogP contribution in [0.3, 0.4) is 0 Å². The third-order valence-electron chi connectivity index (χ3n) is 1.31. The number of para-hydroxylation sites is 1. The summed E-state index contributed by atoms with van der Waals surface area (Å²) in [4.78, 5) is 13.3. The average Bonchev–Trinajstić information content (AvgIpc) is 2.77. The molecule has 1 aromatic heterocycles. The molecule has 0 unspecified atom stereocenters. The Labute approximate surface area is 85.0 Å². The summed E-state index contributed by atoms with van der Waals surface area (Å²) in [6, 6.07) is 7.93. The molecule has 72 valence electrons. The minimum atomic E-state index is -0.417. The zero-order valence-electron chi connectivity index (χ0n) is 7.24. The second kappa shape index (κ2) is 5.82. The van der Waals surface area contributed by atoms with Crippen molar-refractivity contribution >= 4 is 17.0 Å². The lowest BCUT2D eigenvalue weighted by Crippen LogP contribution is -1.84. The monoisotopic (exact) mass is 208 g/mol. The third-order valence-corrected chi connectivity index (χ3v) is 1.84. The molecule has 0 radical (unpaired) electrons. The van der Waals surface area contributed by atoms with E-state index < -0.39 is 4.92 Å². The van der Waals surface area contributed by atoms with Crippen molar-refractivity contribution in [1.82, 2.24) is 4.98 Å². The summed E-state index contributed by atoms with van der Waals surface area (Å²) in [5, 5.41) is 11.9. The predicted molar refractivity (Wildman–Crippen MR) is 55.2 cm³/mol. The predicted octanol–water partition coefficient (Wildman–Crippen LogP) is 2.74. The Morgan fingerprint density at radius 2 is 2.00 bits per heavy atom.